The van der Waals surface area contributed by atoms with Crippen LogP contribution in [0.1, 0.15) is 44.1 Å². The number of fused-ring (bicyclic) bond motifs is 1. The summed E-state index contributed by atoms with van der Waals surface area (Å²) in [6, 6.07) is 0.698. The third kappa shape index (κ3) is 1.49. The van der Waals surface area contributed by atoms with Crippen LogP contribution in [-0.4, -0.2) is 16.1 Å². The van der Waals surface area contributed by atoms with Crippen LogP contribution in [0.25, 0.3) is 0 Å². The Kier molecular flexibility index (Phi) is 2.51. The van der Waals surface area contributed by atoms with Crippen molar-refractivity contribution >= 4 is 0 Å². The van der Waals surface area contributed by atoms with Crippen molar-refractivity contribution in [2.45, 2.75) is 45.7 Å². The molecule has 2 heterocycles. The maximum absolute atomic E-state index is 4.56. The second-order valence-electron chi connectivity index (χ2n) is 5.45. The van der Waals surface area contributed by atoms with Gasteiger partial charge >= 0.3 is 0 Å². The molecule has 16 heavy (non-hydrogen) atoms. The summed E-state index contributed by atoms with van der Waals surface area (Å²) in [5.74, 6) is 1.66. The lowest BCUT2D eigenvalue weighted by Crippen LogP contribution is -2.26. The minimum absolute atomic E-state index is 0.698. The number of hydrogen-bond donors (Lipinski definition) is 1. The smallest absolute Gasteiger partial charge is 0.0954 e. The standard InChI is InChI=1S/C13H21N3/c1-9-3-4-12(10(9)2)16-8-15-11-7-14-6-5-13(11)16/h8-10,12,14H,3-7H2,1-2H3. The predicted octanol–water partition coefficient (Wildman–Crippen LogP) is 2.14. The number of rotatable bonds is 1. The first-order valence-corrected chi connectivity index (χ1v) is 6.52. The summed E-state index contributed by atoms with van der Waals surface area (Å²) in [5.41, 5.74) is 2.77. The molecule has 0 spiro atoms. The van der Waals surface area contributed by atoms with Crippen molar-refractivity contribution in [2.24, 2.45) is 11.8 Å². The summed E-state index contributed by atoms with van der Waals surface area (Å²) in [7, 11) is 0. The third-order valence-electron chi connectivity index (χ3n) is 4.59. The zero-order valence-electron chi connectivity index (χ0n) is 10.2. The number of nitrogens with zero attached hydrogens (tertiary/aromatic N) is 2. The fourth-order valence-electron chi connectivity index (χ4n) is 3.28. The van der Waals surface area contributed by atoms with Crippen molar-refractivity contribution in [3.05, 3.63) is 17.7 Å². The van der Waals surface area contributed by atoms with Crippen molar-refractivity contribution in [3.63, 3.8) is 0 Å². The molecule has 1 saturated carbocycles. The van der Waals surface area contributed by atoms with E-state index in [1.807, 2.05) is 0 Å². The molecule has 88 valence electrons. The molecular formula is C13H21N3. The topological polar surface area (TPSA) is 29.9 Å². The molecule has 1 aliphatic carbocycles. The van der Waals surface area contributed by atoms with E-state index in [1.54, 1.807) is 0 Å². The van der Waals surface area contributed by atoms with E-state index in [0.29, 0.717) is 6.04 Å². The molecular weight excluding hydrogens is 198 g/mol. The van der Waals surface area contributed by atoms with Gasteiger partial charge in [-0.3, -0.25) is 0 Å². The second-order valence-corrected chi connectivity index (χ2v) is 5.45. The second kappa shape index (κ2) is 3.88. The van der Waals surface area contributed by atoms with E-state index >= 15 is 0 Å². The Morgan fingerprint density at radius 2 is 2.25 bits per heavy atom. The van der Waals surface area contributed by atoms with Crippen molar-refractivity contribution in [1.29, 1.82) is 0 Å². The lowest BCUT2D eigenvalue weighted by atomic mass is 9.97. The molecule has 0 amide bonds. The Morgan fingerprint density at radius 3 is 3.00 bits per heavy atom. The first-order valence-electron chi connectivity index (χ1n) is 6.52. The molecule has 1 fully saturated rings. The van der Waals surface area contributed by atoms with Crippen LogP contribution in [0, 0.1) is 11.8 Å². The minimum atomic E-state index is 0.698. The van der Waals surface area contributed by atoms with Gasteiger partial charge in [0.05, 0.1) is 12.0 Å². The van der Waals surface area contributed by atoms with Crippen LogP contribution in [0.4, 0.5) is 0 Å². The molecule has 1 N–H and O–H groups in total. The Hall–Kier alpha value is -0.830. The van der Waals surface area contributed by atoms with Gasteiger partial charge in [-0.2, -0.15) is 0 Å². The largest absolute Gasteiger partial charge is 0.331 e. The highest BCUT2D eigenvalue weighted by Crippen LogP contribution is 2.40. The average molecular weight is 219 g/mol. The first-order chi connectivity index (χ1) is 7.77. The van der Waals surface area contributed by atoms with Gasteiger partial charge in [0.15, 0.2) is 0 Å². The highest BCUT2D eigenvalue weighted by atomic mass is 15.1. The molecule has 3 rings (SSSR count). The van der Waals surface area contributed by atoms with E-state index < -0.39 is 0 Å². The molecule has 1 aromatic rings. The maximum Gasteiger partial charge on any atom is 0.0954 e. The van der Waals surface area contributed by atoms with Crippen LogP contribution in [-0.2, 0) is 13.0 Å². The molecule has 1 aliphatic heterocycles. The number of hydrogen-bond acceptors (Lipinski definition) is 2. The van der Waals surface area contributed by atoms with E-state index in [1.165, 1.54) is 24.2 Å². The Morgan fingerprint density at radius 1 is 1.38 bits per heavy atom. The van der Waals surface area contributed by atoms with Gasteiger partial charge in [-0.25, -0.2) is 4.98 Å². The zero-order valence-corrected chi connectivity index (χ0v) is 10.2. The Labute approximate surface area is 97.3 Å². The van der Waals surface area contributed by atoms with Crippen LogP contribution >= 0.6 is 0 Å². The number of aromatic nitrogens is 2. The average Bonchev–Trinajstić information content (AvgIpc) is 2.85. The summed E-state index contributed by atoms with van der Waals surface area (Å²) in [6.07, 6.45) is 5.93. The number of imidazole rings is 1. The van der Waals surface area contributed by atoms with Crippen LogP contribution in [0.15, 0.2) is 6.33 Å². The molecule has 0 aromatic carbocycles. The van der Waals surface area contributed by atoms with Crippen LogP contribution in [0.3, 0.4) is 0 Å². The van der Waals surface area contributed by atoms with Crippen molar-refractivity contribution < 1.29 is 0 Å². The highest BCUT2D eigenvalue weighted by Gasteiger charge is 2.32. The van der Waals surface area contributed by atoms with E-state index in [2.05, 4.69) is 35.0 Å². The van der Waals surface area contributed by atoms with Crippen LogP contribution in [0.5, 0.6) is 0 Å². The fourth-order valence-corrected chi connectivity index (χ4v) is 3.28. The molecule has 0 bridgehead atoms. The lowest BCUT2D eigenvalue weighted by molar-refractivity contribution is 0.344. The summed E-state index contributed by atoms with van der Waals surface area (Å²) >= 11 is 0. The molecule has 0 saturated heterocycles. The van der Waals surface area contributed by atoms with Gasteiger partial charge in [0, 0.05) is 31.2 Å². The van der Waals surface area contributed by atoms with E-state index in [0.717, 1.165) is 31.3 Å². The molecule has 2 aliphatic rings. The fraction of sp³-hybridized carbons (Fsp3) is 0.769. The van der Waals surface area contributed by atoms with E-state index in [-0.39, 0.29) is 0 Å². The maximum atomic E-state index is 4.56. The summed E-state index contributed by atoms with van der Waals surface area (Å²) in [6.45, 7) is 6.85. The van der Waals surface area contributed by atoms with Crippen molar-refractivity contribution in [3.8, 4) is 0 Å². The summed E-state index contributed by atoms with van der Waals surface area (Å²) in [5, 5.41) is 3.39. The molecule has 3 unspecified atom stereocenters. The van der Waals surface area contributed by atoms with E-state index in [4.69, 9.17) is 0 Å². The SMILES string of the molecule is CC1CCC(n2cnc3c2CCNC3)C1C. The van der Waals surface area contributed by atoms with Crippen LogP contribution in [0.2, 0.25) is 0 Å². The van der Waals surface area contributed by atoms with Gasteiger partial charge in [0.25, 0.3) is 0 Å². The van der Waals surface area contributed by atoms with Crippen LogP contribution < -0.4 is 5.32 Å². The van der Waals surface area contributed by atoms with Gasteiger partial charge in [0.1, 0.15) is 0 Å². The Bertz CT molecular complexity index is 383. The van der Waals surface area contributed by atoms with Gasteiger partial charge in [-0.1, -0.05) is 13.8 Å². The molecule has 0 radical (unpaired) electrons. The normalized spacial score (nSPS) is 34.0. The molecule has 3 atom stereocenters. The van der Waals surface area contributed by atoms with Gasteiger partial charge in [0.2, 0.25) is 0 Å². The van der Waals surface area contributed by atoms with Crippen molar-refractivity contribution in [1.82, 2.24) is 14.9 Å². The van der Waals surface area contributed by atoms with Gasteiger partial charge in [-0.15, -0.1) is 0 Å². The number of nitrogens with one attached hydrogen (secondary N) is 1. The van der Waals surface area contributed by atoms with Crippen molar-refractivity contribution in [2.75, 3.05) is 6.54 Å². The molecule has 3 nitrogen and oxygen atoms in total. The predicted molar refractivity (Wildman–Crippen MR) is 64.2 cm³/mol. The first kappa shape index (κ1) is 10.3. The quantitative estimate of drug-likeness (QED) is 0.784. The Balaban J connectivity index is 1.92. The monoisotopic (exact) mass is 219 g/mol. The summed E-state index contributed by atoms with van der Waals surface area (Å²) < 4.78 is 2.48. The van der Waals surface area contributed by atoms with Gasteiger partial charge in [-0.05, 0) is 24.7 Å². The molecule has 1 aromatic heterocycles. The minimum Gasteiger partial charge on any atom is -0.331 e. The lowest BCUT2D eigenvalue weighted by Gasteiger charge is -2.24. The summed E-state index contributed by atoms with van der Waals surface area (Å²) in [4.78, 5) is 4.56. The van der Waals surface area contributed by atoms with Gasteiger partial charge < -0.3 is 9.88 Å². The van der Waals surface area contributed by atoms with E-state index in [9.17, 15) is 0 Å². The molecule has 3 heteroatoms. The highest BCUT2D eigenvalue weighted by molar-refractivity contribution is 5.17. The zero-order chi connectivity index (χ0) is 11.1. The third-order valence-corrected chi connectivity index (χ3v) is 4.59.